The molecule has 1 unspecified atom stereocenters. The Labute approximate surface area is 155 Å². The fourth-order valence-corrected chi connectivity index (χ4v) is 3.12. The van der Waals surface area contributed by atoms with Crippen molar-refractivity contribution in [3.8, 4) is 0 Å². The monoisotopic (exact) mass is 364 g/mol. The second kappa shape index (κ2) is 9.88. The molecule has 0 amide bonds. The van der Waals surface area contributed by atoms with E-state index in [-0.39, 0.29) is 24.3 Å². The van der Waals surface area contributed by atoms with Gasteiger partial charge in [-0.05, 0) is 30.2 Å². The first-order valence-electron chi connectivity index (χ1n) is 8.56. The highest BCUT2D eigenvalue weighted by Crippen LogP contribution is 2.22. The van der Waals surface area contributed by atoms with Crippen molar-refractivity contribution in [2.75, 3.05) is 32.8 Å². The molecule has 1 N–H and O–H groups in total. The summed E-state index contributed by atoms with van der Waals surface area (Å²) in [7, 11) is 0. The van der Waals surface area contributed by atoms with E-state index in [1.54, 1.807) is 12.1 Å². The summed E-state index contributed by atoms with van der Waals surface area (Å²) < 4.78 is 19.1. The lowest BCUT2D eigenvalue weighted by Gasteiger charge is -2.35. The maximum atomic E-state index is 13.7. The third-order valence-electron chi connectivity index (χ3n) is 4.51. The van der Waals surface area contributed by atoms with Crippen molar-refractivity contribution in [1.29, 1.82) is 0 Å². The van der Waals surface area contributed by atoms with Crippen LogP contribution in [0.25, 0.3) is 0 Å². The van der Waals surface area contributed by atoms with Crippen LogP contribution < -0.4 is 5.32 Å². The number of nitrogens with one attached hydrogen (secondary N) is 1. The van der Waals surface area contributed by atoms with Crippen LogP contribution in [0.1, 0.15) is 22.7 Å². The molecule has 25 heavy (non-hydrogen) atoms. The lowest BCUT2D eigenvalue weighted by Crippen LogP contribution is -2.42. The van der Waals surface area contributed by atoms with Gasteiger partial charge in [0.05, 0.1) is 13.2 Å². The van der Waals surface area contributed by atoms with E-state index in [2.05, 4.69) is 41.4 Å². The summed E-state index contributed by atoms with van der Waals surface area (Å²) >= 11 is 0. The first-order valence-corrected chi connectivity index (χ1v) is 8.56. The maximum Gasteiger partial charge on any atom is 0.123 e. The Morgan fingerprint density at radius 3 is 2.52 bits per heavy atom. The largest absolute Gasteiger partial charge is 0.379 e. The molecule has 136 valence electrons. The van der Waals surface area contributed by atoms with E-state index in [0.29, 0.717) is 0 Å². The normalized spacial score (nSPS) is 16.2. The number of rotatable bonds is 6. The molecule has 0 saturated carbocycles. The molecule has 3 nitrogen and oxygen atoms in total. The predicted octanol–water partition coefficient (Wildman–Crippen LogP) is 3.72. The summed E-state index contributed by atoms with van der Waals surface area (Å²) in [6.45, 7) is 6.94. The van der Waals surface area contributed by atoms with Gasteiger partial charge in [-0.1, -0.05) is 42.0 Å². The maximum absolute atomic E-state index is 13.7. The number of halogens is 2. The van der Waals surface area contributed by atoms with E-state index < -0.39 is 0 Å². The quantitative estimate of drug-likeness (QED) is 0.845. The second-order valence-corrected chi connectivity index (χ2v) is 6.34. The second-order valence-electron chi connectivity index (χ2n) is 6.34. The van der Waals surface area contributed by atoms with Crippen molar-refractivity contribution in [3.05, 3.63) is 71.0 Å². The molecule has 0 spiro atoms. The van der Waals surface area contributed by atoms with Gasteiger partial charge in [-0.15, -0.1) is 12.4 Å². The zero-order chi connectivity index (χ0) is 16.8. The van der Waals surface area contributed by atoms with E-state index in [4.69, 9.17) is 4.74 Å². The van der Waals surface area contributed by atoms with Gasteiger partial charge in [-0.3, -0.25) is 4.90 Å². The predicted molar refractivity (Wildman–Crippen MR) is 102 cm³/mol. The van der Waals surface area contributed by atoms with Crippen LogP contribution >= 0.6 is 12.4 Å². The number of hydrogen-bond donors (Lipinski definition) is 1. The molecular formula is C20H26ClFN2O. The lowest BCUT2D eigenvalue weighted by molar-refractivity contribution is 0.0160. The summed E-state index contributed by atoms with van der Waals surface area (Å²) in [6.07, 6.45) is 0. The van der Waals surface area contributed by atoms with Gasteiger partial charge < -0.3 is 10.1 Å². The molecule has 0 aromatic heterocycles. The van der Waals surface area contributed by atoms with E-state index in [1.807, 2.05) is 6.07 Å². The van der Waals surface area contributed by atoms with Crippen molar-refractivity contribution in [1.82, 2.24) is 10.2 Å². The first kappa shape index (κ1) is 19.9. The van der Waals surface area contributed by atoms with Crippen LogP contribution in [0.2, 0.25) is 0 Å². The molecule has 5 heteroatoms. The van der Waals surface area contributed by atoms with Crippen LogP contribution in [0.4, 0.5) is 4.39 Å². The fourth-order valence-electron chi connectivity index (χ4n) is 3.12. The molecule has 1 saturated heterocycles. The minimum absolute atomic E-state index is 0. The van der Waals surface area contributed by atoms with Crippen molar-refractivity contribution in [2.24, 2.45) is 0 Å². The van der Waals surface area contributed by atoms with E-state index in [1.165, 1.54) is 17.2 Å². The molecule has 0 aliphatic carbocycles. The third-order valence-corrected chi connectivity index (χ3v) is 4.51. The average Bonchev–Trinajstić information content (AvgIpc) is 2.61. The highest BCUT2D eigenvalue weighted by molar-refractivity contribution is 5.85. The molecule has 1 aliphatic rings. The van der Waals surface area contributed by atoms with Gasteiger partial charge in [0.2, 0.25) is 0 Å². The zero-order valence-electron chi connectivity index (χ0n) is 14.6. The van der Waals surface area contributed by atoms with Crippen LogP contribution in [0.15, 0.2) is 48.5 Å². The molecular weight excluding hydrogens is 339 g/mol. The fraction of sp³-hybridized carbons (Fsp3) is 0.400. The van der Waals surface area contributed by atoms with Gasteiger partial charge in [0.25, 0.3) is 0 Å². The Morgan fingerprint density at radius 1 is 1.12 bits per heavy atom. The lowest BCUT2D eigenvalue weighted by atomic mass is 10.0. The van der Waals surface area contributed by atoms with Crippen LogP contribution in [-0.2, 0) is 11.3 Å². The Morgan fingerprint density at radius 2 is 1.84 bits per heavy atom. The number of nitrogens with zero attached hydrogens (tertiary/aromatic N) is 1. The molecule has 0 bridgehead atoms. The van der Waals surface area contributed by atoms with Gasteiger partial charge >= 0.3 is 0 Å². The molecule has 3 rings (SSSR count). The van der Waals surface area contributed by atoms with Crippen molar-refractivity contribution < 1.29 is 9.13 Å². The van der Waals surface area contributed by atoms with Crippen LogP contribution in [0.5, 0.6) is 0 Å². The molecule has 1 heterocycles. The number of ether oxygens (including phenoxy) is 1. The standard InChI is InChI=1S/C20H25FN2O.ClH/c1-16-5-7-17(8-6-16)14-22-15-20(23-9-11-24-12-10-23)18-3-2-4-19(21)13-18;/h2-8,13,20,22H,9-12,14-15H2,1H3;1H. The van der Waals surface area contributed by atoms with Gasteiger partial charge in [0.1, 0.15) is 5.82 Å². The van der Waals surface area contributed by atoms with Crippen molar-refractivity contribution in [3.63, 3.8) is 0 Å². The van der Waals surface area contributed by atoms with E-state index in [0.717, 1.165) is 45.0 Å². The Hall–Kier alpha value is -1.46. The average molecular weight is 365 g/mol. The number of benzene rings is 2. The zero-order valence-corrected chi connectivity index (χ0v) is 15.4. The minimum atomic E-state index is -0.177. The Balaban J connectivity index is 0.00000225. The summed E-state index contributed by atoms with van der Waals surface area (Å²) in [5.41, 5.74) is 3.55. The van der Waals surface area contributed by atoms with Gasteiger partial charge in [-0.2, -0.15) is 0 Å². The van der Waals surface area contributed by atoms with Crippen LogP contribution in [-0.4, -0.2) is 37.7 Å². The SMILES string of the molecule is Cc1ccc(CNCC(c2cccc(F)c2)N2CCOCC2)cc1.Cl. The third kappa shape index (κ3) is 5.79. The first-order chi connectivity index (χ1) is 11.7. The van der Waals surface area contributed by atoms with Gasteiger partial charge in [-0.25, -0.2) is 4.39 Å². The summed E-state index contributed by atoms with van der Waals surface area (Å²) in [5.74, 6) is -0.177. The molecule has 1 aliphatic heterocycles. The molecule has 0 radical (unpaired) electrons. The highest BCUT2D eigenvalue weighted by atomic mass is 35.5. The number of hydrogen-bond acceptors (Lipinski definition) is 3. The Bertz CT molecular complexity index is 644. The molecule has 2 aromatic carbocycles. The van der Waals surface area contributed by atoms with Gasteiger partial charge in [0.15, 0.2) is 0 Å². The topological polar surface area (TPSA) is 24.5 Å². The van der Waals surface area contributed by atoms with Crippen molar-refractivity contribution >= 4 is 12.4 Å². The minimum Gasteiger partial charge on any atom is -0.379 e. The summed E-state index contributed by atoms with van der Waals surface area (Å²) in [4.78, 5) is 2.38. The Kier molecular flexibility index (Phi) is 7.85. The van der Waals surface area contributed by atoms with E-state index >= 15 is 0 Å². The smallest absolute Gasteiger partial charge is 0.123 e. The van der Waals surface area contributed by atoms with Crippen LogP contribution in [0, 0.1) is 12.7 Å². The number of aryl methyl sites for hydroxylation is 1. The number of morpholine rings is 1. The molecule has 1 atom stereocenters. The molecule has 1 fully saturated rings. The van der Waals surface area contributed by atoms with Crippen molar-refractivity contribution in [2.45, 2.75) is 19.5 Å². The highest BCUT2D eigenvalue weighted by Gasteiger charge is 2.22. The summed E-state index contributed by atoms with van der Waals surface area (Å²) in [6, 6.07) is 15.7. The van der Waals surface area contributed by atoms with Crippen LogP contribution in [0.3, 0.4) is 0 Å². The van der Waals surface area contributed by atoms with Gasteiger partial charge in [0, 0.05) is 32.2 Å². The molecule has 2 aromatic rings. The summed E-state index contributed by atoms with van der Waals surface area (Å²) in [5, 5.41) is 3.53. The van der Waals surface area contributed by atoms with E-state index in [9.17, 15) is 4.39 Å².